The summed E-state index contributed by atoms with van der Waals surface area (Å²) >= 11 is 5.85. The molecule has 4 aliphatic carbocycles. The van der Waals surface area contributed by atoms with E-state index in [0.29, 0.717) is 23.2 Å². The molecule has 2 aromatic rings. The third kappa shape index (κ3) is 4.42. The van der Waals surface area contributed by atoms with Crippen molar-refractivity contribution in [1.82, 2.24) is 10.3 Å². The van der Waals surface area contributed by atoms with Crippen molar-refractivity contribution in [3.05, 3.63) is 52.8 Å². The molecule has 0 spiro atoms. The van der Waals surface area contributed by atoms with E-state index in [1.54, 1.807) is 19.4 Å². The molecule has 4 bridgehead atoms. The molecule has 6 rings (SSSR count). The van der Waals surface area contributed by atoms with E-state index in [2.05, 4.69) is 29.4 Å². The van der Waals surface area contributed by atoms with Crippen molar-refractivity contribution in [3.63, 3.8) is 0 Å². The lowest BCUT2D eigenvalue weighted by Gasteiger charge is -2.59. The number of hydrogen-bond acceptors (Lipinski definition) is 4. The number of ether oxygens (including phenoxy) is 2. The van der Waals surface area contributed by atoms with E-state index in [1.165, 1.54) is 44.1 Å². The van der Waals surface area contributed by atoms with Gasteiger partial charge in [-0.2, -0.15) is 0 Å². The Hall–Kier alpha value is -1.78. The maximum absolute atomic E-state index is 5.97. The van der Waals surface area contributed by atoms with Crippen LogP contribution in [0.5, 0.6) is 11.5 Å². The van der Waals surface area contributed by atoms with Crippen LogP contribution in [0.25, 0.3) is 0 Å². The number of aromatic nitrogens is 1. The number of rotatable bonds is 8. The van der Waals surface area contributed by atoms with Gasteiger partial charge in [0.15, 0.2) is 11.5 Å². The van der Waals surface area contributed by atoms with Crippen molar-refractivity contribution in [1.29, 1.82) is 0 Å². The van der Waals surface area contributed by atoms with Gasteiger partial charge in [-0.15, -0.1) is 0 Å². The molecule has 0 unspecified atom stereocenters. The molecule has 1 N–H and O–H groups in total. The molecule has 5 heteroatoms. The smallest absolute Gasteiger partial charge is 0.161 e. The standard InChI is InChI=1S/C26H33ClN2O2/c1-17(26-11-20-7-21(12-26)9-22(8-20)13-26)28-14-18-3-5-23(24(10-18)30-2)31-16-19-4-6-25(27)29-15-19/h3-6,10,15,17,20-22,28H,7-9,11-14,16H2,1-2H3/t17-,20?,21?,22?,26?/m0/s1. The first-order chi connectivity index (χ1) is 15.0. The summed E-state index contributed by atoms with van der Waals surface area (Å²) < 4.78 is 11.6. The first-order valence-electron chi connectivity index (χ1n) is 11.7. The average molecular weight is 441 g/mol. The first-order valence-corrected chi connectivity index (χ1v) is 12.0. The molecule has 4 aliphatic rings. The van der Waals surface area contributed by atoms with Gasteiger partial charge in [0.05, 0.1) is 7.11 Å². The summed E-state index contributed by atoms with van der Waals surface area (Å²) in [5.41, 5.74) is 2.73. The minimum Gasteiger partial charge on any atom is -0.493 e. The minimum absolute atomic E-state index is 0.432. The third-order valence-electron chi connectivity index (χ3n) is 8.03. The Morgan fingerprint density at radius 3 is 2.32 bits per heavy atom. The molecular weight excluding hydrogens is 408 g/mol. The second kappa shape index (κ2) is 8.63. The largest absolute Gasteiger partial charge is 0.493 e. The van der Waals surface area contributed by atoms with Crippen LogP contribution in [0.4, 0.5) is 0 Å². The number of nitrogens with one attached hydrogen (secondary N) is 1. The number of nitrogens with zero attached hydrogens (tertiary/aromatic N) is 1. The van der Waals surface area contributed by atoms with E-state index in [-0.39, 0.29) is 0 Å². The normalized spacial score (nSPS) is 29.7. The fourth-order valence-electron chi connectivity index (χ4n) is 6.79. The van der Waals surface area contributed by atoms with Crippen molar-refractivity contribution >= 4 is 11.6 Å². The van der Waals surface area contributed by atoms with Gasteiger partial charge < -0.3 is 14.8 Å². The van der Waals surface area contributed by atoms with E-state index >= 15 is 0 Å². The van der Waals surface area contributed by atoms with Crippen LogP contribution in [0.2, 0.25) is 5.15 Å². The lowest BCUT2D eigenvalue weighted by Crippen LogP contribution is -2.54. The van der Waals surface area contributed by atoms with Gasteiger partial charge >= 0.3 is 0 Å². The summed E-state index contributed by atoms with van der Waals surface area (Å²) in [7, 11) is 1.70. The molecule has 4 nitrogen and oxygen atoms in total. The highest BCUT2D eigenvalue weighted by Crippen LogP contribution is 2.61. The highest BCUT2D eigenvalue weighted by atomic mass is 35.5. The summed E-state index contributed by atoms with van der Waals surface area (Å²) in [6, 6.07) is 10.5. The second-order valence-electron chi connectivity index (χ2n) is 10.1. The molecule has 4 fully saturated rings. The van der Waals surface area contributed by atoms with Crippen LogP contribution in [0.15, 0.2) is 36.5 Å². The molecule has 1 atom stereocenters. The molecule has 166 valence electrons. The van der Waals surface area contributed by atoms with Crippen LogP contribution in [-0.4, -0.2) is 18.1 Å². The summed E-state index contributed by atoms with van der Waals surface area (Å²) in [4.78, 5) is 4.10. The zero-order valence-electron chi connectivity index (χ0n) is 18.6. The molecule has 1 heterocycles. The van der Waals surface area contributed by atoms with Crippen molar-refractivity contribution in [2.45, 2.75) is 64.6 Å². The lowest BCUT2D eigenvalue weighted by atomic mass is 9.48. The molecule has 0 radical (unpaired) electrons. The average Bonchev–Trinajstić information content (AvgIpc) is 2.76. The van der Waals surface area contributed by atoms with Crippen molar-refractivity contribution < 1.29 is 9.47 Å². The van der Waals surface area contributed by atoms with Gasteiger partial charge in [-0.3, -0.25) is 0 Å². The van der Waals surface area contributed by atoms with E-state index in [9.17, 15) is 0 Å². The number of pyridine rings is 1. The van der Waals surface area contributed by atoms with E-state index in [4.69, 9.17) is 21.1 Å². The van der Waals surface area contributed by atoms with E-state index in [1.807, 2.05) is 12.1 Å². The van der Waals surface area contributed by atoms with Crippen molar-refractivity contribution in [3.8, 4) is 11.5 Å². The maximum atomic E-state index is 5.97. The SMILES string of the molecule is COc1cc(CN[C@@H](C)C23CC4CC(CC(C4)C2)C3)ccc1OCc1ccc(Cl)nc1. The summed E-state index contributed by atoms with van der Waals surface area (Å²) in [6.45, 7) is 3.71. The first kappa shape index (κ1) is 21.1. The van der Waals surface area contributed by atoms with Gasteiger partial charge in [-0.05, 0) is 92.4 Å². The predicted octanol–water partition coefficient (Wildman–Crippen LogP) is 6.02. The monoisotopic (exact) mass is 440 g/mol. The number of halogens is 1. The predicted molar refractivity (Wildman–Crippen MR) is 123 cm³/mol. The van der Waals surface area contributed by atoms with Crippen LogP contribution in [-0.2, 0) is 13.2 Å². The van der Waals surface area contributed by atoms with Crippen LogP contribution in [0, 0.1) is 23.2 Å². The number of benzene rings is 1. The minimum atomic E-state index is 0.432. The maximum Gasteiger partial charge on any atom is 0.161 e. The summed E-state index contributed by atoms with van der Waals surface area (Å²) in [5, 5.41) is 4.36. The molecule has 31 heavy (non-hydrogen) atoms. The lowest BCUT2D eigenvalue weighted by molar-refractivity contribution is -0.0706. The van der Waals surface area contributed by atoms with Crippen LogP contribution < -0.4 is 14.8 Å². The quantitative estimate of drug-likeness (QED) is 0.510. The highest BCUT2D eigenvalue weighted by molar-refractivity contribution is 6.29. The van der Waals surface area contributed by atoms with Gasteiger partial charge in [0, 0.05) is 24.3 Å². The van der Waals surface area contributed by atoms with Gasteiger partial charge in [-0.25, -0.2) is 4.98 Å². The Balaban J connectivity index is 1.20. The topological polar surface area (TPSA) is 43.4 Å². The van der Waals surface area contributed by atoms with Crippen molar-refractivity contribution in [2.24, 2.45) is 23.2 Å². The van der Waals surface area contributed by atoms with Crippen LogP contribution >= 0.6 is 11.6 Å². The molecule has 4 saturated carbocycles. The van der Waals surface area contributed by atoms with E-state index < -0.39 is 0 Å². The zero-order chi connectivity index (χ0) is 21.4. The van der Waals surface area contributed by atoms with Gasteiger partial charge in [0.1, 0.15) is 11.8 Å². The van der Waals surface area contributed by atoms with Crippen LogP contribution in [0.1, 0.15) is 56.6 Å². The Bertz CT molecular complexity index is 879. The zero-order valence-corrected chi connectivity index (χ0v) is 19.3. The fraction of sp³-hybridized carbons (Fsp3) is 0.577. The fourth-order valence-corrected chi connectivity index (χ4v) is 6.90. The Labute approximate surface area is 190 Å². The van der Waals surface area contributed by atoms with Gasteiger partial charge in [-0.1, -0.05) is 23.7 Å². The summed E-state index contributed by atoms with van der Waals surface area (Å²) in [6.07, 6.45) is 10.5. The third-order valence-corrected chi connectivity index (χ3v) is 8.25. The Morgan fingerprint density at radius 2 is 1.71 bits per heavy atom. The Morgan fingerprint density at radius 1 is 1.03 bits per heavy atom. The second-order valence-corrected chi connectivity index (χ2v) is 10.5. The van der Waals surface area contributed by atoms with Crippen molar-refractivity contribution in [2.75, 3.05) is 7.11 Å². The van der Waals surface area contributed by atoms with Crippen LogP contribution in [0.3, 0.4) is 0 Å². The van der Waals surface area contributed by atoms with Gasteiger partial charge in [0.25, 0.3) is 0 Å². The highest BCUT2D eigenvalue weighted by Gasteiger charge is 2.52. The number of methoxy groups -OCH3 is 1. The molecular formula is C26H33ClN2O2. The molecule has 1 aromatic heterocycles. The molecule has 0 saturated heterocycles. The molecule has 0 amide bonds. The van der Waals surface area contributed by atoms with Gasteiger partial charge in [0.2, 0.25) is 0 Å². The molecule has 1 aromatic carbocycles. The Kier molecular flexibility index (Phi) is 5.87. The number of hydrogen-bond donors (Lipinski definition) is 1. The summed E-state index contributed by atoms with van der Waals surface area (Å²) in [5.74, 6) is 4.48. The van der Waals surface area contributed by atoms with E-state index in [0.717, 1.165) is 41.4 Å². The molecule has 0 aliphatic heterocycles.